The molecule has 1 heterocycles. The van der Waals surface area contributed by atoms with Gasteiger partial charge in [-0.25, -0.2) is 18.4 Å². The fourth-order valence-corrected chi connectivity index (χ4v) is 1.96. The molecule has 6 heteroatoms. The van der Waals surface area contributed by atoms with E-state index < -0.39 is 17.7 Å². The number of rotatable bonds is 4. The minimum absolute atomic E-state index is 0.155. The van der Waals surface area contributed by atoms with E-state index in [1.807, 2.05) is 13.8 Å². The summed E-state index contributed by atoms with van der Waals surface area (Å²) in [5.41, 5.74) is 6.24. The summed E-state index contributed by atoms with van der Waals surface area (Å²) in [5, 5.41) is 4.10. The lowest BCUT2D eigenvalue weighted by atomic mass is 10.0. The van der Waals surface area contributed by atoms with Crippen molar-refractivity contribution in [3.63, 3.8) is 0 Å². The Labute approximate surface area is 110 Å². The lowest BCUT2D eigenvalue weighted by Crippen LogP contribution is -2.19. The van der Waals surface area contributed by atoms with E-state index in [9.17, 15) is 8.78 Å². The van der Waals surface area contributed by atoms with Crippen molar-refractivity contribution in [2.75, 3.05) is 0 Å². The van der Waals surface area contributed by atoms with E-state index in [1.54, 1.807) is 4.68 Å². The molecule has 0 radical (unpaired) electrons. The molecule has 0 bridgehead atoms. The van der Waals surface area contributed by atoms with Crippen molar-refractivity contribution < 1.29 is 8.78 Å². The second kappa shape index (κ2) is 5.44. The molecule has 102 valence electrons. The zero-order valence-corrected chi connectivity index (χ0v) is 10.8. The molecule has 0 amide bonds. The molecule has 4 nitrogen and oxygen atoms in total. The van der Waals surface area contributed by atoms with Gasteiger partial charge in [0.2, 0.25) is 0 Å². The van der Waals surface area contributed by atoms with Crippen LogP contribution in [-0.4, -0.2) is 14.8 Å². The fraction of sp³-hybridized carbons (Fsp3) is 0.385. The maximum atomic E-state index is 13.6. The van der Waals surface area contributed by atoms with Crippen molar-refractivity contribution in [1.29, 1.82) is 0 Å². The van der Waals surface area contributed by atoms with E-state index in [2.05, 4.69) is 10.1 Å². The Hall–Kier alpha value is -1.82. The number of hydrogen-bond acceptors (Lipinski definition) is 3. The Morgan fingerprint density at radius 3 is 2.68 bits per heavy atom. The molecular weight excluding hydrogens is 250 g/mol. The molecule has 0 aliphatic heterocycles. The quantitative estimate of drug-likeness (QED) is 0.924. The van der Waals surface area contributed by atoms with Crippen LogP contribution in [0.25, 0.3) is 0 Å². The summed E-state index contributed by atoms with van der Waals surface area (Å²) in [4.78, 5) is 4.13. The Bertz CT molecular complexity index is 566. The van der Waals surface area contributed by atoms with Gasteiger partial charge < -0.3 is 5.73 Å². The Morgan fingerprint density at radius 1 is 1.32 bits per heavy atom. The third-order valence-electron chi connectivity index (χ3n) is 2.90. The fourth-order valence-electron chi connectivity index (χ4n) is 1.96. The molecule has 0 saturated carbocycles. The average molecular weight is 266 g/mol. The van der Waals surface area contributed by atoms with Crippen molar-refractivity contribution in [3.05, 3.63) is 47.5 Å². The van der Waals surface area contributed by atoms with E-state index in [4.69, 9.17) is 5.73 Å². The Morgan fingerprint density at radius 2 is 2.05 bits per heavy atom. The third kappa shape index (κ3) is 2.96. The monoisotopic (exact) mass is 266 g/mol. The van der Waals surface area contributed by atoms with Crippen molar-refractivity contribution in [2.24, 2.45) is 5.73 Å². The Kier molecular flexibility index (Phi) is 3.90. The van der Waals surface area contributed by atoms with Crippen LogP contribution in [0.3, 0.4) is 0 Å². The highest BCUT2D eigenvalue weighted by Crippen LogP contribution is 2.20. The van der Waals surface area contributed by atoms with Crippen LogP contribution in [0, 0.1) is 11.6 Å². The first-order valence-electron chi connectivity index (χ1n) is 6.08. The molecule has 0 aliphatic carbocycles. The van der Waals surface area contributed by atoms with Gasteiger partial charge in [0.1, 0.15) is 23.8 Å². The summed E-state index contributed by atoms with van der Waals surface area (Å²) in [5.74, 6) is -0.562. The lowest BCUT2D eigenvalue weighted by molar-refractivity contribution is 0.487. The molecule has 0 spiro atoms. The van der Waals surface area contributed by atoms with E-state index in [0.29, 0.717) is 12.2 Å². The SMILES string of the molecule is CC(C)n1ncnc1CC(N)c1ccc(F)cc1F. The molecule has 1 aromatic carbocycles. The molecular formula is C13H16F2N4. The van der Waals surface area contributed by atoms with Crippen LogP contribution < -0.4 is 5.73 Å². The van der Waals surface area contributed by atoms with Gasteiger partial charge in [-0.3, -0.25) is 0 Å². The standard InChI is InChI=1S/C13H16F2N4/c1-8(2)19-13(17-7-18-19)6-12(16)10-4-3-9(14)5-11(10)15/h3-5,7-8,12H,6,16H2,1-2H3. The van der Waals surface area contributed by atoms with Crippen molar-refractivity contribution in [2.45, 2.75) is 32.4 Å². The van der Waals surface area contributed by atoms with Crippen LogP contribution in [0.15, 0.2) is 24.5 Å². The van der Waals surface area contributed by atoms with Gasteiger partial charge in [0.25, 0.3) is 0 Å². The summed E-state index contributed by atoms with van der Waals surface area (Å²) in [7, 11) is 0. The largest absolute Gasteiger partial charge is 0.323 e. The summed E-state index contributed by atoms with van der Waals surface area (Å²) in [6.07, 6.45) is 1.80. The maximum absolute atomic E-state index is 13.6. The topological polar surface area (TPSA) is 56.7 Å². The molecule has 0 fully saturated rings. The number of benzene rings is 1. The van der Waals surface area contributed by atoms with Gasteiger partial charge in [-0.15, -0.1) is 0 Å². The van der Waals surface area contributed by atoms with Gasteiger partial charge in [0.15, 0.2) is 0 Å². The van der Waals surface area contributed by atoms with Gasteiger partial charge in [-0.2, -0.15) is 5.10 Å². The third-order valence-corrected chi connectivity index (χ3v) is 2.90. The molecule has 1 aromatic heterocycles. The highest BCUT2D eigenvalue weighted by atomic mass is 19.1. The van der Waals surface area contributed by atoms with Crippen LogP contribution in [0.4, 0.5) is 8.78 Å². The molecule has 2 N–H and O–H groups in total. The average Bonchev–Trinajstić information content (AvgIpc) is 2.76. The predicted octanol–water partition coefficient (Wildman–Crippen LogP) is 2.38. The van der Waals surface area contributed by atoms with Crippen LogP contribution in [0.1, 0.15) is 37.3 Å². The normalized spacial score (nSPS) is 12.9. The highest BCUT2D eigenvalue weighted by molar-refractivity contribution is 5.22. The Balaban J connectivity index is 2.21. The number of halogens is 2. The maximum Gasteiger partial charge on any atom is 0.138 e. The van der Waals surface area contributed by atoms with Gasteiger partial charge in [0.05, 0.1) is 0 Å². The van der Waals surface area contributed by atoms with Gasteiger partial charge in [0, 0.05) is 30.1 Å². The number of nitrogens with two attached hydrogens (primary N) is 1. The first kappa shape index (κ1) is 13.6. The van der Waals surface area contributed by atoms with E-state index >= 15 is 0 Å². The van der Waals surface area contributed by atoms with Crippen LogP contribution in [0.2, 0.25) is 0 Å². The zero-order chi connectivity index (χ0) is 14.0. The zero-order valence-electron chi connectivity index (χ0n) is 10.8. The summed E-state index contributed by atoms with van der Waals surface area (Å²) in [6, 6.07) is 2.98. The number of hydrogen-bond donors (Lipinski definition) is 1. The summed E-state index contributed by atoms with van der Waals surface area (Å²) < 4.78 is 28.2. The number of nitrogens with zero attached hydrogens (tertiary/aromatic N) is 3. The van der Waals surface area contributed by atoms with Gasteiger partial charge in [-0.05, 0) is 19.9 Å². The van der Waals surface area contributed by atoms with Crippen LogP contribution in [0.5, 0.6) is 0 Å². The van der Waals surface area contributed by atoms with E-state index in [-0.39, 0.29) is 11.6 Å². The summed E-state index contributed by atoms with van der Waals surface area (Å²) in [6.45, 7) is 3.95. The van der Waals surface area contributed by atoms with Crippen molar-refractivity contribution >= 4 is 0 Å². The highest BCUT2D eigenvalue weighted by Gasteiger charge is 2.16. The van der Waals surface area contributed by atoms with Crippen LogP contribution in [-0.2, 0) is 6.42 Å². The second-order valence-corrected chi connectivity index (χ2v) is 4.69. The second-order valence-electron chi connectivity index (χ2n) is 4.69. The first-order valence-corrected chi connectivity index (χ1v) is 6.08. The molecule has 2 aromatic rings. The van der Waals surface area contributed by atoms with Gasteiger partial charge in [-0.1, -0.05) is 6.07 Å². The first-order chi connectivity index (χ1) is 8.99. The smallest absolute Gasteiger partial charge is 0.138 e. The molecule has 2 rings (SSSR count). The van der Waals surface area contributed by atoms with E-state index in [1.165, 1.54) is 18.5 Å². The molecule has 1 unspecified atom stereocenters. The summed E-state index contributed by atoms with van der Waals surface area (Å²) >= 11 is 0. The molecule has 1 atom stereocenters. The lowest BCUT2D eigenvalue weighted by Gasteiger charge is -2.15. The number of aromatic nitrogens is 3. The molecule has 19 heavy (non-hydrogen) atoms. The predicted molar refractivity (Wildman–Crippen MR) is 67.4 cm³/mol. The minimum atomic E-state index is -0.636. The van der Waals surface area contributed by atoms with E-state index in [0.717, 1.165) is 6.07 Å². The van der Waals surface area contributed by atoms with Crippen molar-refractivity contribution in [3.8, 4) is 0 Å². The molecule has 0 saturated heterocycles. The molecule has 0 aliphatic rings. The minimum Gasteiger partial charge on any atom is -0.323 e. The van der Waals surface area contributed by atoms with Crippen LogP contribution >= 0.6 is 0 Å². The van der Waals surface area contributed by atoms with Gasteiger partial charge >= 0.3 is 0 Å². The van der Waals surface area contributed by atoms with Crippen molar-refractivity contribution in [1.82, 2.24) is 14.8 Å².